The molecule has 0 radical (unpaired) electrons. The third-order valence-electron chi connectivity index (χ3n) is 5.33. The van der Waals surface area contributed by atoms with Crippen LogP contribution in [0.3, 0.4) is 0 Å². The lowest BCUT2D eigenvalue weighted by Crippen LogP contribution is -2.39. The van der Waals surface area contributed by atoms with Gasteiger partial charge in [-0.1, -0.05) is 60.7 Å². The van der Waals surface area contributed by atoms with E-state index in [9.17, 15) is 23.1 Å². The Balaban J connectivity index is 0.000000454. The second-order valence-corrected chi connectivity index (χ2v) is 8.09. The lowest BCUT2D eigenvalue weighted by Gasteiger charge is -2.22. The number of hydrogen-bond donors (Lipinski definition) is 3. The van der Waals surface area contributed by atoms with Crippen LogP contribution >= 0.6 is 0 Å². The average Bonchev–Trinajstić information content (AvgIpc) is 3.26. The van der Waals surface area contributed by atoms with E-state index in [0.29, 0.717) is 19.7 Å². The maximum atomic E-state index is 12.3. The third kappa shape index (κ3) is 7.92. The summed E-state index contributed by atoms with van der Waals surface area (Å²) in [6.45, 7) is 1.58. The van der Waals surface area contributed by atoms with Gasteiger partial charge >= 0.3 is 12.1 Å². The minimum absolute atomic E-state index is 0.287. The molecular weight excluding hydrogens is 479 g/mol. The van der Waals surface area contributed by atoms with Crippen molar-refractivity contribution in [2.75, 3.05) is 13.2 Å². The molecule has 3 aromatic rings. The van der Waals surface area contributed by atoms with Crippen LogP contribution in [0.1, 0.15) is 28.5 Å². The number of benzene rings is 2. The standard InChI is InChI=1S/C23H25N3O3.C2HF3O2/c27-20(13-17-7-3-1-4-8-17)23(28)24-14-21-22-19(11-12-29-21)16-26(25-22)15-18-9-5-2-6-10-18;3-2(4,5)1(6)7/h1-10,16,20-21,27H,11-15H2,(H,24,28);(H,6,7)/t20-,21?;/m1./s1. The normalized spacial score (nSPS) is 15.7. The van der Waals surface area contributed by atoms with E-state index < -0.39 is 24.2 Å². The van der Waals surface area contributed by atoms with Crippen molar-refractivity contribution >= 4 is 11.9 Å². The highest BCUT2D eigenvalue weighted by molar-refractivity contribution is 5.80. The molecule has 3 N–H and O–H groups in total. The highest BCUT2D eigenvalue weighted by Crippen LogP contribution is 2.25. The van der Waals surface area contributed by atoms with Gasteiger partial charge in [0.25, 0.3) is 0 Å². The predicted octanol–water partition coefficient (Wildman–Crippen LogP) is 2.90. The second kappa shape index (κ2) is 12.3. The third-order valence-corrected chi connectivity index (χ3v) is 5.33. The van der Waals surface area contributed by atoms with E-state index in [0.717, 1.165) is 23.2 Å². The van der Waals surface area contributed by atoms with E-state index in [1.54, 1.807) is 0 Å². The van der Waals surface area contributed by atoms with Gasteiger partial charge in [0, 0.05) is 19.2 Å². The van der Waals surface area contributed by atoms with Crippen LogP contribution < -0.4 is 5.32 Å². The van der Waals surface area contributed by atoms with Crippen LogP contribution in [0.15, 0.2) is 66.9 Å². The van der Waals surface area contributed by atoms with Crippen molar-refractivity contribution in [2.45, 2.75) is 37.8 Å². The molecule has 192 valence electrons. The number of aliphatic carboxylic acids is 1. The van der Waals surface area contributed by atoms with Crippen molar-refractivity contribution in [3.05, 3.63) is 89.2 Å². The largest absolute Gasteiger partial charge is 0.490 e. The number of nitrogens with one attached hydrogen (secondary N) is 1. The number of carbonyl (C=O) groups excluding carboxylic acids is 1. The summed E-state index contributed by atoms with van der Waals surface area (Å²) in [5, 5.41) is 24.8. The molecule has 0 spiro atoms. The monoisotopic (exact) mass is 505 g/mol. The van der Waals surface area contributed by atoms with Crippen LogP contribution in [-0.2, 0) is 33.7 Å². The summed E-state index contributed by atoms with van der Waals surface area (Å²) in [4.78, 5) is 21.2. The number of carboxylic acid groups (broad SMARTS) is 1. The number of ether oxygens (including phenoxy) is 1. The Labute approximate surface area is 205 Å². The zero-order valence-corrected chi connectivity index (χ0v) is 19.2. The lowest BCUT2D eigenvalue weighted by molar-refractivity contribution is -0.192. The molecule has 1 unspecified atom stereocenters. The molecule has 2 atom stereocenters. The Kier molecular flexibility index (Phi) is 9.20. The summed E-state index contributed by atoms with van der Waals surface area (Å²) in [6.07, 6.45) is -3.32. The predicted molar refractivity (Wildman–Crippen MR) is 123 cm³/mol. The van der Waals surface area contributed by atoms with Crippen molar-refractivity contribution in [1.82, 2.24) is 15.1 Å². The Morgan fingerprint density at radius 2 is 1.67 bits per heavy atom. The van der Waals surface area contributed by atoms with Gasteiger partial charge in [-0.05, 0) is 23.1 Å². The Morgan fingerprint density at radius 3 is 2.25 bits per heavy atom. The van der Waals surface area contributed by atoms with Crippen LogP contribution in [0.4, 0.5) is 13.2 Å². The minimum Gasteiger partial charge on any atom is -0.475 e. The number of nitrogens with zero attached hydrogens (tertiary/aromatic N) is 2. The minimum atomic E-state index is -5.08. The molecule has 1 amide bonds. The van der Waals surface area contributed by atoms with E-state index in [1.165, 1.54) is 5.56 Å². The van der Waals surface area contributed by atoms with Gasteiger partial charge in [0.15, 0.2) is 0 Å². The van der Waals surface area contributed by atoms with E-state index in [4.69, 9.17) is 19.7 Å². The first-order valence-corrected chi connectivity index (χ1v) is 11.1. The van der Waals surface area contributed by atoms with Crippen molar-refractivity contribution in [2.24, 2.45) is 0 Å². The Bertz CT molecular complexity index is 1140. The molecule has 11 heteroatoms. The Morgan fingerprint density at radius 1 is 1.08 bits per heavy atom. The fourth-order valence-corrected chi connectivity index (χ4v) is 3.58. The van der Waals surface area contributed by atoms with Crippen molar-refractivity contribution in [1.29, 1.82) is 0 Å². The molecule has 8 nitrogen and oxygen atoms in total. The summed E-state index contributed by atoms with van der Waals surface area (Å²) < 4.78 is 39.5. The average molecular weight is 505 g/mol. The van der Waals surface area contributed by atoms with Gasteiger partial charge in [-0.15, -0.1) is 0 Å². The first-order valence-electron chi connectivity index (χ1n) is 11.1. The smallest absolute Gasteiger partial charge is 0.475 e. The number of rotatable bonds is 7. The molecule has 2 aromatic carbocycles. The number of fused-ring (bicyclic) bond motifs is 1. The molecule has 1 aliphatic rings. The highest BCUT2D eigenvalue weighted by atomic mass is 19.4. The number of halogens is 3. The number of hydrogen-bond acceptors (Lipinski definition) is 5. The first-order chi connectivity index (χ1) is 17.1. The number of aliphatic hydroxyl groups is 1. The number of carboxylic acids is 1. The molecule has 1 aromatic heterocycles. The molecule has 0 saturated heterocycles. The quantitative estimate of drug-likeness (QED) is 0.455. The molecule has 1 aliphatic heterocycles. The number of aliphatic hydroxyl groups excluding tert-OH is 1. The number of carbonyl (C=O) groups is 2. The zero-order chi connectivity index (χ0) is 26.1. The molecule has 0 aliphatic carbocycles. The van der Waals surface area contributed by atoms with Crippen LogP contribution in [0.25, 0.3) is 0 Å². The van der Waals surface area contributed by atoms with Gasteiger partial charge < -0.3 is 20.3 Å². The van der Waals surface area contributed by atoms with Gasteiger partial charge in [0.1, 0.15) is 12.2 Å². The molecule has 4 rings (SSSR count). The zero-order valence-electron chi connectivity index (χ0n) is 19.2. The maximum Gasteiger partial charge on any atom is 0.490 e. The summed E-state index contributed by atoms with van der Waals surface area (Å²) in [7, 11) is 0. The molecule has 2 heterocycles. The lowest BCUT2D eigenvalue weighted by atomic mass is 10.1. The van der Waals surface area contributed by atoms with Crippen molar-refractivity contribution < 1.29 is 37.7 Å². The first kappa shape index (κ1) is 26.9. The molecule has 0 saturated carbocycles. The molecule has 0 bridgehead atoms. The fourth-order valence-electron chi connectivity index (χ4n) is 3.58. The number of aromatic nitrogens is 2. The number of amides is 1. The molecule has 36 heavy (non-hydrogen) atoms. The van der Waals surface area contributed by atoms with Crippen LogP contribution in [0.5, 0.6) is 0 Å². The summed E-state index contributed by atoms with van der Waals surface area (Å²) in [6, 6.07) is 19.7. The van der Waals surface area contributed by atoms with Crippen molar-refractivity contribution in [3.63, 3.8) is 0 Å². The van der Waals surface area contributed by atoms with Crippen LogP contribution in [0, 0.1) is 0 Å². The second-order valence-electron chi connectivity index (χ2n) is 8.09. The molecular formula is C25H26F3N3O5. The topological polar surface area (TPSA) is 114 Å². The van der Waals surface area contributed by atoms with Gasteiger partial charge in [0.2, 0.25) is 5.91 Å². The van der Waals surface area contributed by atoms with E-state index >= 15 is 0 Å². The van der Waals surface area contributed by atoms with E-state index in [-0.39, 0.29) is 12.5 Å². The van der Waals surface area contributed by atoms with Crippen LogP contribution in [0.2, 0.25) is 0 Å². The number of alkyl halides is 3. The fraction of sp³-hybridized carbons (Fsp3) is 0.320. The highest BCUT2D eigenvalue weighted by Gasteiger charge is 2.38. The SMILES string of the molecule is O=C(NCC1OCCc2cn(Cc3ccccc3)nc21)[C@H](O)Cc1ccccc1.O=C(O)C(F)(F)F. The summed E-state index contributed by atoms with van der Waals surface area (Å²) in [5.74, 6) is -3.15. The van der Waals surface area contributed by atoms with E-state index in [1.807, 2.05) is 53.2 Å². The van der Waals surface area contributed by atoms with E-state index in [2.05, 4.69) is 23.6 Å². The summed E-state index contributed by atoms with van der Waals surface area (Å²) in [5.41, 5.74) is 4.12. The maximum absolute atomic E-state index is 12.3. The Hall–Kier alpha value is -3.70. The van der Waals surface area contributed by atoms with Gasteiger partial charge in [-0.3, -0.25) is 9.48 Å². The van der Waals surface area contributed by atoms with Crippen molar-refractivity contribution in [3.8, 4) is 0 Å². The van der Waals surface area contributed by atoms with Gasteiger partial charge in [-0.2, -0.15) is 18.3 Å². The summed E-state index contributed by atoms with van der Waals surface area (Å²) >= 11 is 0. The van der Waals surface area contributed by atoms with Gasteiger partial charge in [0.05, 0.1) is 18.8 Å². The molecule has 0 fully saturated rings. The van der Waals surface area contributed by atoms with Gasteiger partial charge in [-0.25, -0.2) is 4.79 Å². The van der Waals surface area contributed by atoms with Crippen LogP contribution in [-0.4, -0.2) is 57.3 Å².